The first kappa shape index (κ1) is 13.8. The molecule has 0 aliphatic carbocycles. The summed E-state index contributed by atoms with van der Waals surface area (Å²) in [5.41, 5.74) is 6.20. The monoisotopic (exact) mass is 301 g/mol. The lowest BCUT2D eigenvalue weighted by molar-refractivity contribution is -0.125. The molecule has 1 aromatic carbocycles. The van der Waals surface area contributed by atoms with Gasteiger partial charge in [-0.1, -0.05) is 12.1 Å². The Morgan fingerprint density at radius 2 is 2.19 bits per heavy atom. The molecule has 0 radical (unpaired) electrons. The standard InChI is InChI=1S/C15H15N3O2S/c16-15(20)10-7-8-18(9-10)14(19)6-5-13-17-11-3-1-2-4-12(11)21-13/h1-6,10H,7-9H2,(H2,16,20)/b6-5-/t10-/m1/s1. The van der Waals surface area contributed by atoms with E-state index in [-0.39, 0.29) is 17.7 Å². The number of hydrogen-bond acceptors (Lipinski definition) is 4. The minimum Gasteiger partial charge on any atom is -0.369 e. The molecular weight excluding hydrogens is 286 g/mol. The summed E-state index contributed by atoms with van der Waals surface area (Å²) in [6, 6.07) is 7.86. The first-order valence-corrected chi connectivity index (χ1v) is 7.57. The van der Waals surface area contributed by atoms with Crippen molar-refractivity contribution in [3.63, 3.8) is 0 Å². The molecule has 6 heteroatoms. The number of thiazole rings is 1. The number of rotatable bonds is 3. The van der Waals surface area contributed by atoms with Gasteiger partial charge in [-0.15, -0.1) is 11.3 Å². The van der Waals surface area contributed by atoms with Gasteiger partial charge in [0.05, 0.1) is 16.1 Å². The number of nitrogens with zero attached hydrogens (tertiary/aromatic N) is 2. The maximum atomic E-state index is 12.1. The second kappa shape index (κ2) is 5.65. The fourth-order valence-corrected chi connectivity index (χ4v) is 3.27. The average Bonchev–Trinajstić information content (AvgIpc) is 3.11. The van der Waals surface area contributed by atoms with Crippen LogP contribution in [0.2, 0.25) is 0 Å². The smallest absolute Gasteiger partial charge is 0.246 e. The number of nitrogens with two attached hydrogens (primary N) is 1. The first-order chi connectivity index (χ1) is 10.1. The molecule has 108 valence electrons. The van der Waals surface area contributed by atoms with Gasteiger partial charge in [0.2, 0.25) is 11.8 Å². The number of primary amides is 1. The molecule has 1 fully saturated rings. The molecule has 1 aromatic heterocycles. The number of carbonyl (C=O) groups is 2. The lowest BCUT2D eigenvalue weighted by Gasteiger charge is -2.12. The number of likely N-dealkylation sites (tertiary alicyclic amines) is 1. The third kappa shape index (κ3) is 2.95. The highest BCUT2D eigenvalue weighted by Gasteiger charge is 2.28. The molecule has 1 atom stereocenters. The zero-order valence-electron chi connectivity index (χ0n) is 11.4. The van der Waals surface area contributed by atoms with Crippen molar-refractivity contribution < 1.29 is 9.59 Å². The number of amides is 2. The van der Waals surface area contributed by atoms with Gasteiger partial charge in [0.15, 0.2) is 0 Å². The van der Waals surface area contributed by atoms with Gasteiger partial charge in [-0.05, 0) is 24.6 Å². The quantitative estimate of drug-likeness (QED) is 0.876. The van der Waals surface area contributed by atoms with Crippen molar-refractivity contribution in [2.45, 2.75) is 6.42 Å². The van der Waals surface area contributed by atoms with Crippen LogP contribution < -0.4 is 5.73 Å². The number of para-hydroxylation sites is 1. The largest absolute Gasteiger partial charge is 0.369 e. The van der Waals surface area contributed by atoms with Crippen LogP contribution in [0.3, 0.4) is 0 Å². The zero-order valence-corrected chi connectivity index (χ0v) is 12.2. The van der Waals surface area contributed by atoms with E-state index in [0.717, 1.165) is 15.2 Å². The van der Waals surface area contributed by atoms with Crippen LogP contribution in [-0.2, 0) is 9.59 Å². The van der Waals surface area contributed by atoms with E-state index in [0.29, 0.717) is 19.5 Å². The Morgan fingerprint density at radius 3 is 2.90 bits per heavy atom. The fraction of sp³-hybridized carbons (Fsp3) is 0.267. The third-order valence-corrected chi connectivity index (χ3v) is 4.58. The van der Waals surface area contributed by atoms with Gasteiger partial charge in [-0.25, -0.2) is 4.98 Å². The molecule has 2 aromatic rings. The van der Waals surface area contributed by atoms with Gasteiger partial charge in [0.1, 0.15) is 5.01 Å². The highest BCUT2D eigenvalue weighted by molar-refractivity contribution is 7.19. The van der Waals surface area contributed by atoms with Gasteiger partial charge >= 0.3 is 0 Å². The van der Waals surface area contributed by atoms with Crippen LogP contribution in [0.4, 0.5) is 0 Å². The molecule has 0 saturated carbocycles. The summed E-state index contributed by atoms with van der Waals surface area (Å²) in [6.07, 6.45) is 3.89. The number of benzene rings is 1. The van der Waals surface area contributed by atoms with E-state index >= 15 is 0 Å². The van der Waals surface area contributed by atoms with Gasteiger partial charge in [0.25, 0.3) is 0 Å². The van der Waals surface area contributed by atoms with Crippen molar-refractivity contribution in [1.82, 2.24) is 9.88 Å². The van der Waals surface area contributed by atoms with E-state index in [2.05, 4.69) is 4.98 Å². The molecule has 0 unspecified atom stereocenters. The van der Waals surface area contributed by atoms with Crippen LogP contribution in [0.15, 0.2) is 30.3 Å². The fourth-order valence-electron chi connectivity index (χ4n) is 2.40. The molecule has 2 N–H and O–H groups in total. The molecular formula is C15H15N3O2S. The van der Waals surface area contributed by atoms with E-state index in [1.54, 1.807) is 22.3 Å². The summed E-state index contributed by atoms with van der Waals surface area (Å²) < 4.78 is 1.10. The Bertz CT molecular complexity index is 690. The molecule has 3 rings (SSSR count). The Kier molecular flexibility index (Phi) is 3.70. The molecule has 0 spiro atoms. The minimum atomic E-state index is -0.333. The maximum absolute atomic E-state index is 12.1. The van der Waals surface area contributed by atoms with Crippen LogP contribution >= 0.6 is 11.3 Å². The summed E-state index contributed by atoms with van der Waals surface area (Å²) in [5.74, 6) is -0.650. The van der Waals surface area contributed by atoms with Crippen LogP contribution in [0, 0.1) is 5.92 Å². The number of hydrogen-bond donors (Lipinski definition) is 1. The van der Waals surface area contributed by atoms with Crippen LogP contribution in [0.25, 0.3) is 16.3 Å². The second-order valence-corrected chi connectivity index (χ2v) is 6.09. The highest BCUT2D eigenvalue weighted by Crippen LogP contribution is 2.22. The Labute approximate surface area is 126 Å². The second-order valence-electron chi connectivity index (χ2n) is 5.03. The molecule has 1 aliphatic heterocycles. The normalized spacial score (nSPS) is 18.7. The van der Waals surface area contributed by atoms with E-state index in [1.165, 1.54) is 6.08 Å². The zero-order chi connectivity index (χ0) is 14.8. The predicted molar refractivity (Wildman–Crippen MR) is 82.5 cm³/mol. The van der Waals surface area contributed by atoms with Crippen molar-refractivity contribution in [2.75, 3.05) is 13.1 Å². The molecule has 5 nitrogen and oxygen atoms in total. The molecule has 1 aliphatic rings. The van der Waals surface area contributed by atoms with E-state index < -0.39 is 0 Å². The molecule has 2 amide bonds. The summed E-state index contributed by atoms with van der Waals surface area (Å²) in [6.45, 7) is 0.995. The van der Waals surface area contributed by atoms with E-state index in [4.69, 9.17) is 5.73 Å². The van der Waals surface area contributed by atoms with Crippen LogP contribution in [0.5, 0.6) is 0 Å². The molecule has 1 saturated heterocycles. The lowest BCUT2D eigenvalue weighted by Crippen LogP contribution is -2.30. The van der Waals surface area contributed by atoms with Gasteiger partial charge in [0, 0.05) is 19.2 Å². The lowest BCUT2D eigenvalue weighted by atomic mass is 10.1. The summed E-state index contributed by atoms with van der Waals surface area (Å²) in [7, 11) is 0. The highest BCUT2D eigenvalue weighted by atomic mass is 32.1. The maximum Gasteiger partial charge on any atom is 0.246 e. The topological polar surface area (TPSA) is 76.3 Å². The first-order valence-electron chi connectivity index (χ1n) is 6.75. The van der Waals surface area contributed by atoms with Gasteiger partial charge < -0.3 is 10.6 Å². The number of aromatic nitrogens is 1. The average molecular weight is 301 g/mol. The Balaban J connectivity index is 1.68. The summed E-state index contributed by atoms with van der Waals surface area (Å²) in [4.78, 5) is 29.3. The SMILES string of the molecule is NC(=O)[C@@H]1CCN(C(=O)/C=C\c2nc3ccccc3s2)C1. The van der Waals surface area contributed by atoms with Crippen molar-refractivity contribution in [2.24, 2.45) is 11.7 Å². The van der Waals surface area contributed by atoms with Crippen molar-refractivity contribution >= 4 is 39.4 Å². The van der Waals surface area contributed by atoms with Crippen molar-refractivity contribution in [3.8, 4) is 0 Å². The summed E-state index contributed by atoms with van der Waals surface area (Å²) in [5, 5.41) is 0.801. The predicted octanol–water partition coefficient (Wildman–Crippen LogP) is 1.64. The van der Waals surface area contributed by atoms with E-state index in [1.807, 2.05) is 24.3 Å². The van der Waals surface area contributed by atoms with Gasteiger partial charge in [-0.3, -0.25) is 9.59 Å². The van der Waals surface area contributed by atoms with Gasteiger partial charge in [-0.2, -0.15) is 0 Å². The van der Waals surface area contributed by atoms with Crippen LogP contribution in [0.1, 0.15) is 11.4 Å². The number of carbonyl (C=O) groups excluding carboxylic acids is 2. The van der Waals surface area contributed by atoms with Crippen molar-refractivity contribution in [1.29, 1.82) is 0 Å². The van der Waals surface area contributed by atoms with E-state index in [9.17, 15) is 9.59 Å². The number of fused-ring (bicyclic) bond motifs is 1. The van der Waals surface area contributed by atoms with Crippen LogP contribution in [-0.4, -0.2) is 34.8 Å². The molecule has 0 bridgehead atoms. The minimum absolute atomic E-state index is 0.0991. The molecule has 21 heavy (non-hydrogen) atoms. The van der Waals surface area contributed by atoms with Crippen molar-refractivity contribution in [3.05, 3.63) is 35.3 Å². The Hall–Kier alpha value is -2.21. The third-order valence-electron chi connectivity index (χ3n) is 3.58. The Morgan fingerprint density at radius 1 is 1.38 bits per heavy atom. The molecule has 2 heterocycles. The summed E-state index contributed by atoms with van der Waals surface area (Å²) >= 11 is 1.54.